The van der Waals surface area contributed by atoms with Crippen molar-refractivity contribution in [3.05, 3.63) is 29.0 Å². The predicted molar refractivity (Wildman–Crippen MR) is 69.9 cm³/mol. The maximum atomic E-state index is 12.6. The van der Waals surface area contributed by atoms with Gasteiger partial charge in [0.2, 0.25) is 0 Å². The van der Waals surface area contributed by atoms with Crippen LogP contribution in [-0.2, 0) is 13.2 Å². The summed E-state index contributed by atoms with van der Waals surface area (Å²) in [4.78, 5) is 5.17. The van der Waals surface area contributed by atoms with Gasteiger partial charge in [-0.25, -0.2) is 4.98 Å². The Balaban J connectivity index is 1.72. The van der Waals surface area contributed by atoms with Gasteiger partial charge in [0.1, 0.15) is 4.88 Å². The maximum absolute atomic E-state index is 12.6. The van der Waals surface area contributed by atoms with E-state index in [1.165, 1.54) is 0 Å². The number of rotatable bonds is 2. The smallest absolute Gasteiger partial charge is 0.347 e. The molecule has 0 bridgehead atoms. The molecule has 1 saturated heterocycles. The molecule has 4 nitrogen and oxygen atoms in total. The summed E-state index contributed by atoms with van der Waals surface area (Å²) in [6.07, 6.45) is 1.29. The Kier molecular flexibility index (Phi) is 3.19. The van der Waals surface area contributed by atoms with E-state index in [1.54, 1.807) is 4.68 Å². The largest absolute Gasteiger partial charge is 0.427 e. The molecule has 2 aromatic rings. The first-order valence-electron chi connectivity index (χ1n) is 6.20. The molecule has 0 unspecified atom stereocenters. The van der Waals surface area contributed by atoms with Crippen LogP contribution in [0.25, 0.3) is 0 Å². The molecule has 0 N–H and O–H groups in total. The Labute approximate surface area is 117 Å². The van der Waals surface area contributed by atoms with E-state index in [0.717, 1.165) is 24.7 Å². The molecule has 0 aromatic carbocycles. The van der Waals surface area contributed by atoms with Crippen LogP contribution in [0.4, 0.5) is 18.3 Å². The van der Waals surface area contributed by atoms with Crippen molar-refractivity contribution in [1.29, 1.82) is 0 Å². The molecule has 3 heterocycles. The number of aryl methyl sites for hydroxylation is 1. The maximum Gasteiger partial charge on any atom is 0.427 e. The van der Waals surface area contributed by atoms with Crippen LogP contribution in [0.3, 0.4) is 0 Å². The molecule has 0 radical (unpaired) electrons. The van der Waals surface area contributed by atoms with E-state index < -0.39 is 11.1 Å². The summed E-state index contributed by atoms with van der Waals surface area (Å²) >= 11 is 0.709. The van der Waals surface area contributed by atoms with Crippen molar-refractivity contribution >= 4 is 16.5 Å². The molecule has 8 heteroatoms. The molecule has 0 aliphatic carbocycles. The first-order valence-corrected chi connectivity index (χ1v) is 7.01. The van der Waals surface area contributed by atoms with Crippen molar-refractivity contribution in [3.63, 3.8) is 0 Å². The predicted octanol–water partition coefficient (Wildman–Crippen LogP) is 2.89. The third-order valence-electron chi connectivity index (χ3n) is 3.43. The lowest BCUT2D eigenvalue weighted by atomic mass is 10.0. The Hall–Kier alpha value is -1.57. The molecule has 1 aliphatic rings. The van der Waals surface area contributed by atoms with Crippen molar-refractivity contribution < 1.29 is 13.2 Å². The first-order chi connectivity index (χ1) is 9.43. The minimum Gasteiger partial charge on any atom is -0.347 e. The van der Waals surface area contributed by atoms with Crippen LogP contribution in [0.1, 0.15) is 22.8 Å². The van der Waals surface area contributed by atoms with E-state index in [1.807, 2.05) is 24.3 Å². The van der Waals surface area contributed by atoms with Gasteiger partial charge in [-0.1, -0.05) is 11.3 Å². The fourth-order valence-electron chi connectivity index (χ4n) is 2.40. The first kappa shape index (κ1) is 13.4. The molecule has 20 heavy (non-hydrogen) atoms. The molecule has 3 rings (SSSR count). The number of hydrogen-bond donors (Lipinski definition) is 0. The average molecular weight is 302 g/mol. The molecular weight excluding hydrogens is 289 g/mol. The van der Waals surface area contributed by atoms with Crippen LogP contribution < -0.4 is 4.90 Å². The van der Waals surface area contributed by atoms with Crippen molar-refractivity contribution in [1.82, 2.24) is 14.8 Å². The molecule has 1 atom stereocenters. The van der Waals surface area contributed by atoms with Crippen LogP contribution in [0.5, 0.6) is 0 Å². The second kappa shape index (κ2) is 4.76. The van der Waals surface area contributed by atoms with E-state index in [9.17, 15) is 13.2 Å². The van der Waals surface area contributed by atoms with Gasteiger partial charge in [0.15, 0.2) is 5.13 Å². The van der Waals surface area contributed by atoms with Crippen molar-refractivity contribution in [3.8, 4) is 0 Å². The van der Waals surface area contributed by atoms with Crippen LogP contribution in [-0.4, -0.2) is 27.9 Å². The van der Waals surface area contributed by atoms with Crippen LogP contribution in [0.15, 0.2) is 18.6 Å². The zero-order valence-electron chi connectivity index (χ0n) is 10.8. The standard InChI is InChI=1S/C12H13F3N4S/c1-18-6-9(4-17-18)8-2-3-19(7-8)11-16-5-10(20-11)12(13,14)15/h4-6,8H,2-3,7H2,1H3/t8-/m0/s1. The van der Waals surface area contributed by atoms with E-state index in [4.69, 9.17) is 0 Å². The Morgan fingerprint density at radius 2 is 2.15 bits per heavy atom. The zero-order chi connectivity index (χ0) is 14.3. The van der Waals surface area contributed by atoms with Gasteiger partial charge in [0.25, 0.3) is 0 Å². The minimum absolute atomic E-state index is 0.307. The number of halogens is 3. The molecule has 1 aliphatic heterocycles. The molecule has 0 spiro atoms. The summed E-state index contributed by atoms with van der Waals surface area (Å²) in [7, 11) is 1.85. The van der Waals surface area contributed by atoms with Gasteiger partial charge in [-0.15, -0.1) is 0 Å². The second-order valence-electron chi connectivity index (χ2n) is 4.88. The van der Waals surface area contributed by atoms with Gasteiger partial charge < -0.3 is 4.90 Å². The van der Waals surface area contributed by atoms with Gasteiger partial charge in [-0.2, -0.15) is 18.3 Å². The van der Waals surface area contributed by atoms with Gasteiger partial charge in [-0.05, 0) is 12.0 Å². The normalized spacial score (nSPS) is 19.8. The number of aromatic nitrogens is 3. The quantitative estimate of drug-likeness (QED) is 0.855. The summed E-state index contributed by atoms with van der Waals surface area (Å²) in [5.74, 6) is 0.307. The van der Waals surface area contributed by atoms with Gasteiger partial charge in [-0.3, -0.25) is 4.68 Å². The number of nitrogens with zero attached hydrogens (tertiary/aromatic N) is 4. The van der Waals surface area contributed by atoms with Crippen molar-refractivity contribution in [2.45, 2.75) is 18.5 Å². The zero-order valence-corrected chi connectivity index (χ0v) is 11.6. The van der Waals surface area contributed by atoms with E-state index in [0.29, 0.717) is 28.9 Å². The second-order valence-corrected chi connectivity index (χ2v) is 5.89. The third-order valence-corrected chi connectivity index (χ3v) is 4.53. The number of thiazole rings is 1. The summed E-state index contributed by atoms with van der Waals surface area (Å²) in [5.41, 5.74) is 1.13. The van der Waals surface area contributed by atoms with Crippen LogP contribution >= 0.6 is 11.3 Å². The minimum atomic E-state index is -4.31. The monoisotopic (exact) mass is 302 g/mol. The summed E-state index contributed by atoms with van der Waals surface area (Å²) in [6.45, 7) is 1.42. The molecule has 0 amide bonds. The van der Waals surface area contributed by atoms with Gasteiger partial charge in [0, 0.05) is 32.3 Å². The lowest BCUT2D eigenvalue weighted by molar-refractivity contribution is -0.134. The Morgan fingerprint density at radius 1 is 1.35 bits per heavy atom. The summed E-state index contributed by atoms with van der Waals surface area (Å²) in [5, 5.41) is 4.58. The lowest BCUT2D eigenvalue weighted by Crippen LogP contribution is -2.18. The van der Waals surface area contributed by atoms with Crippen LogP contribution in [0.2, 0.25) is 0 Å². The fraction of sp³-hybridized carbons (Fsp3) is 0.500. The molecular formula is C12H13F3N4S. The highest BCUT2D eigenvalue weighted by Crippen LogP contribution is 2.38. The lowest BCUT2D eigenvalue weighted by Gasteiger charge is -2.14. The number of anilines is 1. The van der Waals surface area contributed by atoms with Gasteiger partial charge >= 0.3 is 6.18 Å². The molecule has 1 fully saturated rings. The van der Waals surface area contributed by atoms with E-state index in [-0.39, 0.29) is 0 Å². The molecule has 108 valence electrons. The van der Waals surface area contributed by atoms with Crippen LogP contribution in [0, 0.1) is 0 Å². The highest BCUT2D eigenvalue weighted by Gasteiger charge is 2.35. The Morgan fingerprint density at radius 3 is 2.75 bits per heavy atom. The average Bonchev–Trinajstić information content (AvgIpc) is 3.06. The van der Waals surface area contributed by atoms with E-state index >= 15 is 0 Å². The number of hydrogen-bond acceptors (Lipinski definition) is 4. The SMILES string of the molecule is Cn1cc([C@H]2CCN(c3ncc(C(F)(F)F)s3)C2)cn1. The van der Waals surface area contributed by atoms with Crippen molar-refractivity contribution in [2.24, 2.45) is 7.05 Å². The van der Waals surface area contributed by atoms with Crippen molar-refractivity contribution in [2.75, 3.05) is 18.0 Å². The fourth-order valence-corrected chi connectivity index (χ4v) is 3.22. The highest BCUT2D eigenvalue weighted by atomic mass is 32.1. The third kappa shape index (κ3) is 2.52. The molecule has 0 saturated carbocycles. The highest BCUT2D eigenvalue weighted by molar-refractivity contribution is 7.15. The number of alkyl halides is 3. The molecule has 2 aromatic heterocycles. The summed E-state index contributed by atoms with van der Waals surface area (Å²) < 4.78 is 39.5. The van der Waals surface area contributed by atoms with Gasteiger partial charge in [0.05, 0.1) is 12.4 Å². The van der Waals surface area contributed by atoms with E-state index in [2.05, 4.69) is 10.1 Å². The summed E-state index contributed by atoms with van der Waals surface area (Å²) in [6, 6.07) is 0. The Bertz CT molecular complexity index is 604. The topological polar surface area (TPSA) is 34.0 Å².